The number of aliphatic hydroxyl groups excluding tert-OH is 1. The molecule has 1 atom stereocenters. The molecule has 1 rings (SSSR count). The summed E-state index contributed by atoms with van der Waals surface area (Å²) >= 11 is 0. The average molecular weight is 236 g/mol. The minimum Gasteiger partial charge on any atom is -0.487 e. The van der Waals surface area contributed by atoms with Crippen LogP contribution in [0.4, 0.5) is 5.69 Å². The Labute approximate surface area is 98.2 Å². The first-order valence-electron chi connectivity index (χ1n) is 5.04. The third-order valence-corrected chi connectivity index (χ3v) is 2.08. The molecule has 0 aromatic heterocycles. The van der Waals surface area contributed by atoms with Gasteiger partial charge in [-0.2, -0.15) is 5.26 Å². The van der Waals surface area contributed by atoms with Crippen LogP contribution in [0.2, 0.25) is 0 Å². The molecule has 0 aliphatic heterocycles. The van der Waals surface area contributed by atoms with E-state index in [0.29, 0.717) is 6.42 Å². The van der Waals surface area contributed by atoms with E-state index in [2.05, 4.69) is 0 Å². The average Bonchev–Trinajstić information content (AvgIpc) is 2.28. The molecule has 0 saturated heterocycles. The monoisotopic (exact) mass is 236 g/mol. The number of hydrogen-bond acceptors (Lipinski definition) is 5. The van der Waals surface area contributed by atoms with Gasteiger partial charge in [0.1, 0.15) is 0 Å². The fraction of sp³-hybridized carbons (Fsp3) is 0.364. The van der Waals surface area contributed by atoms with Crippen LogP contribution in [-0.4, -0.2) is 22.7 Å². The second kappa shape index (κ2) is 5.82. The Morgan fingerprint density at radius 2 is 2.35 bits per heavy atom. The fourth-order valence-corrected chi connectivity index (χ4v) is 1.19. The van der Waals surface area contributed by atoms with Gasteiger partial charge in [0.2, 0.25) is 0 Å². The molecule has 0 aliphatic carbocycles. The van der Waals surface area contributed by atoms with E-state index < -0.39 is 11.0 Å². The standard InChI is InChI=1S/C11H12N2O4/c1-8(14)4-5-17-11-3-2-9(7-12)6-10(11)13(15)16/h2-3,6,8,14H,4-5H2,1H3. The maximum atomic E-state index is 10.8. The van der Waals surface area contributed by atoms with E-state index in [1.54, 1.807) is 6.92 Å². The van der Waals surface area contributed by atoms with Gasteiger partial charge in [-0.3, -0.25) is 10.1 Å². The zero-order valence-corrected chi connectivity index (χ0v) is 9.29. The number of hydrogen-bond donors (Lipinski definition) is 1. The van der Waals surface area contributed by atoms with Gasteiger partial charge in [-0.25, -0.2) is 0 Å². The lowest BCUT2D eigenvalue weighted by Gasteiger charge is -2.07. The smallest absolute Gasteiger partial charge is 0.312 e. The zero-order valence-electron chi connectivity index (χ0n) is 9.29. The molecule has 1 N–H and O–H groups in total. The first kappa shape index (κ1) is 12.9. The van der Waals surface area contributed by atoms with Crippen molar-refractivity contribution in [2.24, 2.45) is 0 Å². The Kier molecular flexibility index (Phi) is 4.43. The van der Waals surface area contributed by atoms with Crippen LogP contribution in [0.1, 0.15) is 18.9 Å². The second-order valence-corrected chi connectivity index (χ2v) is 3.54. The molecule has 0 amide bonds. The van der Waals surface area contributed by atoms with Crippen LogP contribution in [0, 0.1) is 21.4 Å². The van der Waals surface area contributed by atoms with Gasteiger partial charge in [0.25, 0.3) is 0 Å². The number of rotatable bonds is 5. The third kappa shape index (κ3) is 3.74. The van der Waals surface area contributed by atoms with Crippen LogP contribution < -0.4 is 4.74 Å². The molecule has 0 bridgehead atoms. The first-order valence-corrected chi connectivity index (χ1v) is 5.04. The highest BCUT2D eigenvalue weighted by Crippen LogP contribution is 2.27. The number of nitriles is 1. The largest absolute Gasteiger partial charge is 0.487 e. The first-order chi connectivity index (χ1) is 8.04. The Bertz CT molecular complexity index is 451. The fourth-order valence-electron chi connectivity index (χ4n) is 1.19. The van der Waals surface area contributed by atoms with Gasteiger partial charge in [0, 0.05) is 12.5 Å². The highest BCUT2D eigenvalue weighted by Gasteiger charge is 2.16. The van der Waals surface area contributed by atoms with Gasteiger partial charge in [0.15, 0.2) is 5.75 Å². The van der Waals surface area contributed by atoms with Crippen LogP contribution in [0.5, 0.6) is 5.75 Å². The van der Waals surface area contributed by atoms with Gasteiger partial charge in [-0.15, -0.1) is 0 Å². The van der Waals surface area contributed by atoms with E-state index in [-0.39, 0.29) is 23.6 Å². The Morgan fingerprint density at radius 1 is 1.65 bits per heavy atom. The SMILES string of the molecule is CC(O)CCOc1ccc(C#N)cc1[N+](=O)[O-]. The van der Waals surface area contributed by atoms with Crippen molar-refractivity contribution in [2.75, 3.05) is 6.61 Å². The van der Waals surface area contributed by atoms with Crippen LogP contribution >= 0.6 is 0 Å². The predicted octanol–water partition coefficient (Wildman–Crippen LogP) is 1.62. The molecule has 1 aromatic rings. The lowest BCUT2D eigenvalue weighted by Crippen LogP contribution is -2.08. The second-order valence-electron chi connectivity index (χ2n) is 3.54. The quantitative estimate of drug-likeness (QED) is 0.618. The van der Waals surface area contributed by atoms with Crippen molar-refractivity contribution in [3.8, 4) is 11.8 Å². The Hall–Kier alpha value is -2.13. The predicted molar refractivity (Wildman–Crippen MR) is 59.6 cm³/mol. The van der Waals surface area contributed by atoms with E-state index in [4.69, 9.17) is 15.1 Å². The van der Waals surface area contributed by atoms with Gasteiger partial charge < -0.3 is 9.84 Å². The summed E-state index contributed by atoms with van der Waals surface area (Å²) in [7, 11) is 0. The van der Waals surface area contributed by atoms with E-state index in [0.717, 1.165) is 6.07 Å². The number of aliphatic hydroxyl groups is 1. The summed E-state index contributed by atoms with van der Waals surface area (Å²) in [6.45, 7) is 1.79. The molecule has 6 nitrogen and oxygen atoms in total. The topological polar surface area (TPSA) is 96.4 Å². The van der Waals surface area contributed by atoms with Crippen LogP contribution in [0.25, 0.3) is 0 Å². The Morgan fingerprint density at radius 3 is 2.88 bits per heavy atom. The molecule has 0 radical (unpaired) electrons. The Balaban J connectivity index is 2.84. The lowest BCUT2D eigenvalue weighted by atomic mass is 10.2. The number of benzene rings is 1. The van der Waals surface area contributed by atoms with Crippen molar-refractivity contribution in [1.82, 2.24) is 0 Å². The number of nitro groups is 1. The highest BCUT2D eigenvalue weighted by atomic mass is 16.6. The molecule has 0 aliphatic rings. The summed E-state index contributed by atoms with van der Waals surface area (Å²) in [4.78, 5) is 10.2. The van der Waals surface area contributed by atoms with Crippen molar-refractivity contribution in [2.45, 2.75) is 19.4 Å². The minimum absolute atomic E-state index is 0.106. The molecule has 1 unspecified atom stereocenters. The summed E-state index contributed by atoms with van der Waals surface area (Å²) < 4.78 is 5.20. The maximum Gasteiger partial charge on any atom is 0.312 e. The molecule has 0 saturated carbocycles. The van der Waals surface area contributed by atoms with E-state index in [1.165, 1.54) is 12.1 Å². The summed E-state index contributed by atoms with van der Waals surface area (Å²) in [6, 6.07) is 5.82. The van der Waals surface area contributed by atoms with Gasteiger partial charge >= 0.3 is 5.69 Å². The summed E-state index contributed by atoms with van der Waals surface area (Å²) in [5.74, 6) is 0.106. The van der Waals surface area contributed by atoms with Gasteiger partial charge in [-0.1, -0.05) is 0 Å². The summed E-state index contributed by atoms with van der Waals surface area (Å²) in [5, 5.41) is 28.4. The molecule has 6 heteroatoms. The van der Waals surface area contributed by atoms with Crippen molar-refractivity contribution in [3.63, 3.8) is 0 Å². The zero-order chi connectivity index (χ0) is 12.8. The van der Waals surface area contributed by atoms with Crippen LogP contribution in [0.3, 0.4) is 0 Å². The molecule has 0 fully saturated rings. The van der Waals surface area contributed by atoms with E-state index in [9.17, 15) is 10.1 Å². The molecule has 17 heavy (non-hydrogen) atoms. The molecular weight excluding hydrogens is 224 g/mol. The van der Waals surface area contributed by atoms with Crippen molar-refractivity contribution in [3.05, 3.63) is 33.9 Å². The van der Waals surface area contributed by atoms with Crippen molar-refractivity contribution in [1.29, 1.82) is 5.26 Å². The number of ether oxygens (including phenoxy) is 1. The normalized spacial score (nSPS) is 11.6. The molecule has 1 aromatic carbocycles. The van der Waals surface area contributed by atoms with Crippen molar-refractivity contribution >= 4 is 5.69 Å². The number of nitro benzene ring substituents is 1. The van der Waals surface area contributed by atoms with Gasteiger partial charge in [-0.05, 0) is 19.1 Å². The molecule has 0 spiro atoms. The summed E-state index contributed by atoms with van der Waals surface area (Å²) in [5.41, 5.74) is -0.0331. The van der Waals surface area contributed by atoms with Gasteiger partial charge in [0.05, 0.1) is 29.3 Å². The van der Waals surface area contributed by atoms with Crippen molar-refractivity contribution < 1.29 is 14.8 Å². The van der Waals surface area contributed by atoms with E-state index in [1.807, 2.05) is 6.07 Å². The van der Waals surface area contributed by atoms with Crippen LogP contribution in [0.15, 0.2) is 18.2 Å². The lowest BCUT2D eigenvalue weighted by molar-refractivity contribution is -0.385. The maximum absolute atomic E-state index is 10.8. The number of nitrogens with zero attached hydrogens (tertiary/aromatic N) is 2. The molecule has 0 heterocycles. The highest BCUT2D eigenvalue weighted by molar-refractivity contribution is 5.51. The van der Waals surface area contributed by atoms with E-state index >= 15 is 0 Å². The molecular formula is C11H12N2O4. The summed E-state index contributed by atoms with van der Waals surface area (Å²) in [6.07, 6.45) is -0.135. The molecule has 90 valence electrons. The minimum atomic E-state index is -0.599. The van der Waals surface area contributed by atoms with Crippen LogP contribution in [-0.2, 0) is 0 Å². The third-order valence-electron chi connectivity index (χ3n) is 2.08.